The molecule has 94 valence electrons. The molecule has 0 spiro atoms. The van der Waals surface area contributed by atoms with Crippen molar-refractivity contribution in [1.82, 2.24) is 0 Å². The molecule has 0 fully saturated rings. The van der Waals surface area contributed by atoms with E-state index in [1.165, 1.54) is 5.56 Å². The Bertz CT molecular complexity index is 566. The van der Waals surface area contributed by atoms with Crippen LogP contribution in [0.3, 0.4) is 0 Å². The first-order valence-corrected chi connectivity index (χ1v) is 6.21. The zero-order valence-corrected chi connectivity index (χ0v) is 11.3. The number of halogens is 1. The average molecular weight is 262 g/mol. The standard InChI is InChI=1S/C15H16ClNO/c1-10-3-6-14(12(7-10)9-17)18-15-8-13(16)5-4-11(15)2/h3-8H,9,17H2,1-2H3. The van der Waals surface area contributed by atoms with Crippen LogP contribution in [0.15, 0.2) is 36.4 Å². The molecule has 18 heavy (non-hydrogen) atoms. The van der Waals surface area contributed by atoms with Crippen LogP contribution >= 0.6 is 11.6 Å². The smallest absolute Gasteiger partial charge is 0.131 e. The number of rotatable bonds is 3. The summed E-state index contributed by atoms with van der Waals surface area (Å²) in [4.78, 5) is 0. The van der Waals surface area contributed by atoms with Gasteiger partial charge in [-0.2, -0.15) is 0 Å². The summed E-state index contributed by atoms with van der Waals surface area (Å²) in [7, 11) is 0. The van der Waals surface area contributed by atoms with Gasteiger partial charge < -0.3 is 10.5 Å². The van der Waals surface area contributed by atoms with E-state index in [0.29, 0.717) is 11.6 Å². The molecule has 0 bridgehead atoms. The van der Waals surface area contributed by atoms with Crippen LogP contribution in [0.2, 0.25) is 5.02 Å². The van der Waals surface area contributed by atoms with E-state index in [9.17, 15) is 0 Å². The minimum absolute atomic E-state index is 0.455. The molecule has 0 heterocycles. The Labute approximate surface area is 112 Å². The Balaban J connectivity index is 2.36. The van der Waals surface area contributed by atoms with Crippen molar-refractivity contribution in [3.8, 4) is 11.5 Å². The zero-order valence-electron chi connectivity index (χ0n) is 10.5. The molecule has 0 amide bonds. The molecule has 0 saturated heterocycles. The van der Waals surface area contributed by atoms with Crippen molar-refractivity contribution in [2.24, 2.45) is 5.73 Å². The highest BCUT2D eigenvalue weighted by molar-refractivity contribution is 6.30. The first-order chi connectivity index (χ1) is 8.60. The maximum absolute atomic E-state index is 5.98. The van der Waals surface area contributed by atoms with Crippen LogP contribution < -0.4 is 10.5 Å². The maximum atomic E-state index is 5.98. The van der Waals surface area contributed by atoms with E-state index >= 15 is 0 Å². The number of aryl methyl sites for hydroxylation is 2. The lowest BCUT2D eigenvalue weighted by molar-refractivity contribution is 0.472. The zero-order chi connectivity index (χ0) is 13.1. The highest BCUT2D eigenvalue weighted by atomic mass is 35.5. The van der Waals surface area contributed by atoms with Crippen molar-refractivity contribution in [3.05, 3.63) is 58.1 Å². The largest absolute Gasteiger partial charge is 0.457 e. The van der Waals surface area contributed by atoms with Gasteiger partial charge in [0, 0.05) is 17.1 Å². The van der Waals surface area contributed by atoms with Gasteiger partial charge in [0.1, 0.15) is 11.5 Å². The monoisotopic (exact) mass is 261 g/mol. The molecular weight excluding hydrogens is 246 g/mol. The van der Waals surface area contributed by atoms with Crippen molar-refractivity contribution in [2.75, 3.05) is 0 Å². The van der Waals surface area contributed by atoms with Gasteiger partial charge in [0.05, 0.1) is 0 Å². The molecule has 2 rings (SSSR count). The quantitative estimate of drug-likeness (QED) is 0.898. The van der Waals surface area contributed by atoms with E-state index in [0.717, 1.165) is 22.6 Å². The van der Waals surface area contributed by atoms with Crippen LogP contribution in [0.25, 0.3) is 0 Å². The molecule has 0 aromatic heterocycles. The van der Waals surface area contributed by atoms with Gasteiger partial charge in [-0.05, 0) is 37.6 Å². The molecular formula is C15H16ClNO. The minimum Gasteiger partial charge on any atom is -0.457 e. The van der Waals surface area contributed by atoms with Gasteiger partial charge in [-0.15, -0.1) is 0 Å². The summed E-state index contributed by atoms with van der Waals surface area (Å²) in [6.45, 7) is 4.48. The highest BCUT2D eigenvalue weighted by Crippen LogP contribution is 2.30. The summed E-state index contributed by atoms with van der Waals surface area (Å²) >= 11 is 5.98. The summed E-state index contributed by atoms with van der Waals surface area (Å²) in [5.41, 5.74) is 8.95. The molecule has 2 N–H and O–H groups in total. The normalized spacial score (nSPS) is 10.4. The second-order valence-electron chi connectivity index (χ2n) is 4.33. The molecule has 0 aliphatic rings. The lowest BCUT2D eigenvalue weighted by atomic mass is 10.1. The van der Waals surface area contributed by atoms with Gasteiger partial charge in [-0.3, -0.25) is 0 Å². The fraction of sp³-hybridized carbons (Fsp3) is 0.200. The summed E-state index contributed by atoms with van der Waals surface area (Å²) < 4.78 is 5.90. The minimum atomic E-state index is 0.455. The summed E-state index contributed by atoms with van der Waals surface area (Å²) in [5.74, 6) is 1.55. The third kappa shape index (κ3) is 2.84. The van der Waals surface area contributed by atoms with Crippen molar-refractivity contribution in [2.45, 2.75) is 20.4 Å². The fourth-order valence-corrected chi connectivity index (χ4v) is 1.93. The SMILES string of the molecule is Cc1ccc(Oc2cc(Cl)ccc2C)c(CN)c1. The summed E-state index contributed by atoms with van der Waals surface area (Å²) in [6.07, 6.45) is 0. The van der Waals surface area contributed by atoms with Crippen LogP contribution in [0.5, 0.6) is 11.5 Å². The fourth-order valence-electron chi connectivity index (χ4n) is 1.77. The van der Waals surface area contributed by atoms with E-state index < -0.39 is 0 Å². The second-order valence-corrected chi connectivity index (χ2v) is 4.76. The first-order valence-electron chi connectivity index (χ1n) is 5.84. The molecule has 2 aromatic rings. The van der Waals surface area contributed by atoms with Gasteiger partial charge >= 0.3 is 0 Å². The Kier molecular flexibility index (Phi) is 3.90. The van der Waals surface area contributed by atoms with Gasteiger partial charge in [-0.1, -0.05) is 35.4 Å². The molecule has 2 nitrogen and oxygen atoms in total. The number of hydrogen-bond donors (Lipinski definition) is 1. The van der Waals surface area contributed by atoms with E-state index in [1.54, 1.807) is 0 Å². The lowest BCUT2D eigenvalue weighted by Gasteiger charge is -2.13. The summed E-state index contributed by atoms with van der Waals surface area (Å²) in [6, 6.07) is 11.6. The number of hydrogen-bond acceptors (Lipinski definition) is 2. The van der Waals surface area contributed by atoms with E-state index in [-0.39, 0.29) is 0 Å². The Hall–Kier alpha value is -1.51. The lowest BCUT2D eigenvalue weighted by Crippen LogP contribution is -2.00. The van der Waals surface area contributed by atoms with Crippen molar-refractivity contribution in [1.29, 1.82) is 0 Å². The average Bonchev–Trinajstić information content (AvgIpc) is 2.36. The first kappa shape index (κ1) is 12.9. The molecule has 0 aliphatic carbocycles. The molecule has 0 unspecified atom stereocenters. The van der Waals surface area contributed by atoms with Gasteiger partial charge in [0.2, 0.25) is 0 Å². The number of benzene rings is 2. The Morgan fingerprint density at radius 3 is 2.56 bits per heavy atom. The molecule has 0 aliphatic heterocycles. The van der Waals surface area contributed by atoms with Crippen LogP contribution in [-0.2, 0) is 6.54 Å². The molecule has 0 saturated carbocycles. The predicted octanol–water partition coefficient (Wildman–Crippen LogP) is 4.21. The number of ether oxygens (including phenoxy) is 1. The van der Waals surface area contributed by atoms with Gasteiger partial charge in [0.15, 0.2) is 0 Å². The van der Waals surface area contributed by atoms with Crippen molar-refractivity contribution < 1.29 is 4.74 Å². The highest BCUT2D eigenvalue weighted by Gasteiger charge is 2.06. The van der Waals surface area contributed by atoms with Crippen LogP contribution in [-0.4, -0.2) is 0 Å². The van der Waals surface area contributed by atoms with Gasteiger partial charge in [0.25, 0.3) is 0 Å². The Morgan fingerprint density at radius 1 is 1.06 bits per heavy atom. The van der Waals surface area contributed by atoms with E-state index in [1.807, 2.05) is 50.2 Å². The van der Waals surface area contributed by atoms with Crippen LogP contribution in [0.1, 0.15) is 16.7 Å². The van der Waals surface area contributed by atoms with E-state index in [4.69, 9.17) is 22.1 Å². The third-order valence-corrected chi connectivity index (χ3v) is 3.04. The van der Waals surface area contributed by atoms with Crippen LogP contribution in [0.4, 0.5) is 0 Å². The predicted molar refractivity (Wildman–Crippen MR) is 75.3 cm³/mol. The van der Waals surface area contributed by atoms with Gasteiger partial charge in [-0.25, -0.2) is 0 Å². The third-order valence-electron chi connectivity index (χ3n) is 2.81. The maximum Gasteiger partial charge on any atom is 0.131 e. The molecule has 3 heteroatoms. The van der Waals surface area contributed by atoms with Crippen LogP contribution in [0, 0.1) is 13.8 Å². The molecule has 0 radical (unpaired) electrons. The second kappa shape index (κ2) is 5.42. The van der Waals surface area contributed by atoms with E-state index in [2.05, 4.69) is 0 Å². The number of nitrogens with two attached hydrogens (primary N) is 1. The molecule has 2 aromatic carbocycles. The van der Waals surface area contributed by atoms with Crippen molar-refractivity contribution in [3.63, 3.8) is 0 Å². The summed E-state index contributed by atoms with van der Waals surface area (Å²) in [5, 5.41) is 0.664. The molecule has 0 atom stereocenters. The topological polar surface area (TPSA) is 35.2 Å². The van der Waals surface area contributed by atoms with Crippen molar-refractivity contribution >= 4 is 11.6 Å². The Morgan fingerprint density at radius 2 is 1.83 bits per heavy atom.